The third kappa shape index (κ3) is 2.82. The highest BCUT2D eigenvalue weighted by Crippen LogP contribution is 2.30. The molecule has 5 heteroatoms. The van der Waals surface area contributed by atoms with E-state index in [1.807, 2.05) is 6.92 Å². The van der Waals surface area contributed by atoms with E-state index in [1.54, 1.807) is 25.1 Å². The predicted molar refractivity (Wildman–Crippen MR) is 77.0 cm³/mol. The standard InChI is InChI=1S/C15H20N2O3/c1-10-4-3-5-11(12(10)13(18)19)17-14(20)15(2)6-8-16-9-7-15/h3-5,16H,6-9H2,1-2H3,(H,17,20)(H,18,19). The van der Waals surface area contributed by atoms with Crippen LogP contribution in [0.3, 0.4) is 0 Å². The van der Waals surface area contributed by atoms with Crippen LogP contribution in [0.5, 0.6) is 0 Å². The zero-order valence-electron chi connectivity index (χ0n) is 11.8. The van der Waals surface area contributed by atoms with Crippen molar-refractivity contribution >= 4 is 17.6 Å². The first-order chi connectivity index (χ1) is 9.44. The van der Waals surface area contributed by atoms with Gasteiger partial charge in [-0.25, -0.2) is 4.79 Å². The number of carbonyl (C=O) groups excluding carboxylic acids is 1. The van der Waals surface area contributed by atoms with E-state index >= 15 is 0 Å². The highest BCUT2D eigenvalue weighted by atomic mass is 16.4. The summed E-state index contributed by atoms with van der Waals surface area (Å²) in [5.41, 5.74) is 0.747. The molecule has 1 aromatic carbocycles. The number of carboxylic acids is 1. The van der Waals surface area contributed by atoms with Crippen LogP contribution in [0.2, 0.25) is 0 Å². The second-order valence-electron chi connectivity index (χ2n) is 5.57. The molecule has 0 aliphatic carbocycles. The summed E-state index contributed by atoms with van der Waals surface area (Å²) in [4.78, 5) is 23.8. The van der Waals surface area contributed by atoms with Gasteiger partial charge in [-0.3, -0.25) is 4.79 Å². The van der Waals surface area contributed by atoms with Gasteiger partial charge in [0.25, 0.3) is 0 Å². The lowest BCUT2D eigenvalue weighted by Crippen LogP contribution is -2.43. The molecular formula is C15H20N2O3. The Kier molecular flexibility index (Phi) is 4.09. The summed E-state index contributed by atoms with van der Waals surface area (Å²) in [6.45, 7) is 5.28. The maximum Gasteiger partial charge on any atom is 0.338 e. The topological polar surface area (TPSA) is 78.4 Å². The Morgan fingerprint density at radius 3 is 2.55 bits per heavy atom. The first-order valence-corrected chi connectivity index (χ1v) is 6.79. The van der Waals surface area contributed by atoms with Crippen LogP contribution < -0.4 is 10.6 Å². The average molecular weight is 276 g/mol. The molecule has 1 aromatic rings. The maximum absolute atomic E-state index is 12.4. The Balaban J connectivity index is 2.24. The van der Waals surface area contributed by atoms with Crippen LogP contribution in [-0.4, -0.2) is 30.1 Å². The van der Waals surface area contributed by atoms with E-state index in [2.05, 4.69) is 10.6 Å². The van der Waals surface area contributed by atoms with Gasteiger partial charge in [-0.2, -0.15) is 0 Å². The van der Waals surface area contributed by atoms with Gasteiger partial charge in [0, 0.05) is 5.41 Å². The summed E-state index contributed by atoms with van der Waals surface area (Å²) in [5, 5.41) is 15.3. The summed E-state index contributed by atoms with van der Waals surface area (Å²) in [5.74, 6) is -1.12. The Hall–Kier alpha value is -1.88. The lowest BCUT2D eigenvalue weighted by molar-refractivity contribution is -0.126. The van der Waals surface area contributed by atoms with Crippen molar-refractivity contribution in [3.05, 3.63) is 29.3 Å². The van der Waals surface area contributed by atoms with Crippen LogP contribution in [0.4, 0.5) is 5.69 Å². The monoisotopic (exact) mass is 276 g/mol. The van der Waals surface area contributed by atoms with E-state index in [1.165, 1.54) is 0 Å². The number of carboxylic acid groups (broad SMARTS) is 1. The summed E-state index contributed by atoms with van der Waals surface area (Å²) < 4.78 is 0. The van der Waals surface area contributed by atoms with Crippen LogP contribution in [0.15, 0.2) is 18.2 Å². The molecule has 0 saturated carbocycles. The van der Waals surface area contributed by atoms with Crippen LogP contribution >= 0.6 is 0 Å². The van der Waals surface area contributed by atoms with E-state index in [9.17, 15) is 14.7 Å². The quantitative estimate of drug-likeness (QED) is 0.789. The van der Waals surface area contributed by atoms with E-state index in [4.69, 9.17) is 0 Å². The molecule has 1 aliphatic rings. The molecule has 0 bridgehead atoms. The number of anilines is 1. The second-order valence-corrected chi connectivity index (χ2v) is 5.57. The number of hydrogen-bond acceptors (Lipinski definition) is 3. The Morgan fingerprint density at radius 1 is 1.30 bits per heavy atom. The molecule has 2 rings (SSSR count). The highest BCUT2D eigenvalue weighted by Gasteiger charge is 2.35. The largest absolute Gasteiger partial charge is 0.478 e. The van der Waals surface area contributed by atoms with Crippen molar-refractivity contribution in [1.82, 2.24) is 5.32 Å². The van der Waals surface area contributed by atoms with Gasteiger partial charge in [-0.05, 0) is 44.5 Å². The van der Waals surface area contributed by atoms with Crippen LogP contribution in [0, 0.1) is 12.3 Å². The number of piperidine rings is 1. The van der Waals surface area contributed by atoms with E-state index < -0.39 is 11.4 Å². The Labute approximate surface area is 118 Å². The molecule has 0 unspecified atom stereocenters. The smallest absolute Gasteiger partial charge is 0.338 e. The molecule has 0 aromatic heterocycles. The zero-order chi connectivity index (χ0) is 14.8. The fourth-order valence-electron chi connectivity index (χ4n) is 2.53. The van der Waals surface area contributed by atoms with Gasteiger partial charge >= 0.3 is 5.97 Å². The minimum Gasteiger partial charge on any atom is -0.478 e. The summed E-state index contributed by atoms with van der Waals surface area (Å²) in [7, 11) is 0. The molecule has 3 N–H and O–H groups in total. The van der Waals surface area contributed by atoms with Gasteiger partial charge in [0.15, 0.2) is 0 Å². The number of aromatic carboxylic acids is 1. The number of carbonyl (C=O) groups is 2. The third-order valence-corrected chi connectivity index (χ3v) is 3.99. The predicted octanol–water partition coefficient (Wildman–Crippen LogP) is 2.02. The van der Waals surface area contributed by atoms with E-state index in [0.29, 0.717) is 11.3 Å². The third-order valence-electron chi connectivity index (χ3n) is 3.99. The summed E-state index contributed by atoms with van der Waals surface area (Å²) >= 11 is 0. The van der Waals surface area contributed by atoms with Gasteiger partial charge in [-0.15, -0.1) is 0 Å². The van der Waals surface area contributed by atoms with E-state index in [-0.39, 0.29) is 11.5 Å². The van der Waals surface area contributed by atoms with Crippen molar-refractivity contribution in [1.29, 1.82) is 0 Å². The molecular weight excluding hydrogens is 256 g/mol. The van der Waals surface area contributed by atoms with Crippen molar-refractivity contribution < 1.29 is 14.7 Å². The molecule has 1 saturated heterocycles. The van der Waals surface area contributed by atoms with Gasteiger partial charge in [0.1, 0.15) is 0 Å². The van der Waals surface area contributed by atoms with Crippen LogP contribution in [0.1, 0.15) is 35.7 Å². The molecule has 5 nitrogen and oxygen atoms in total. The number of amides is 1. The van der Waals surface area contributed by atoms with Gasteiger partial charge < -0.3 is 15.7 Å². The minimum absolute atomic E-state index is 0.105. The Morgan fingerprint density at radius 2 is 1.95 bits per heavy atom. The maximum atomic E-state index is 12.4. The van der Waals surface area contributed by atoms with Crippen molar-refractivity contribution in [3.8, 4) is 0 Å². The van der Waals surface area contributed by atoms with Crippen LogP contribution in [-0.2, 0) is 4.79 Å². The first-order valence-electron chi connectivity index (χ1n) is 6.79. The normalized spacial score (nSPS) is 17.5. The van der Waals surface area contributed by atoms with Crippen LogP contribution in [0.25, 0.3) is 0 Å². The molecule has 20 heavy (non-hydrogen) atoms. The SMILES string of the molecule is Cc1cccc(NC(=O)C2(C)CCNCC2)c1C(=O)O. The van der Waals surface area contributed by atoms with Crippen molar-refractivity contribution in [3.63, 3.8) is 0 Å². The average Bonchev–Trinajstić information content (AvgIpc) is 2.39. The lowest BCUT2D eigenvalue weighted by atomic mass is 9.80. The number of benzene rings is 1. The number of nitrogens with one attached hydrogen (secondary N) is 2. The van der Waals surface area contributed by atoms with Crippen molar-refractivity contribution in [2.24, 2.45) is 5.41 Å². The highest BCUT2D eigenvalue weighted by molar-refractivity contribution is 6.03. The fourth-order valence-corrected chi connectivity index (χ4v) is 2.53. The van der Waals surface area contributed by atoms with Gasteiger partial charge in [-0.1, -0.05) is 19.1 Å². The van der Waals surface area contributed by atoms with E-state index in [0.717, 1.165) is 25.9 Å². The Bertz CT molecular complexity index is 534. The number of aryl methyl sites for hydroxylation is 1. The fraction of sp³-hybridized carbons (Fsp3) is 0.467. The van der Waals surface area contributed by atoms with Crippen molar-refractivity contribution in [2.45, 2.75) is 26.7 Å². The van der Waals surface area contributed by atoms with Gasteiger partial charge in [0.05, 0.1) is 11.3 Å². The summed E-state index contributed by atoms with van der Waals surface area (Å²) in [6, 6.07) is 5.12. The number of rotatable bonds is 3. The molecule has 108 valence electrons. The first kappa shape index (κ1) is 14.5. The molecule has 1 heterocycles. The molecule has 0 radical (unpaired) electrons. The lowest BCUT2D eigenvalue weighted by Gasteiger charge is -2.32. The molecule has 1 fully saturated rings. The molecule has 0 atom stereocenters. The molecule has 1 amide bonds. The second kappa shape index (κ2) is 5.63. The molecule has 1 aliphatic heterocycles. The minimum atomic E-state index is -1.02. The zero-order valence-corrected chi connectivity index (χ0v) is 11.8. The molecule has 0 spiro atoms. The number of hydrogen-bond donors (Lipinski definition) is 3. The van der Waals surface area contributed by atoms with Crippen molar-refractivity contribution in [2.75, 3.05) is 18.4 Å². The van der Waals surface area contributed by atoms with Gasteiger partial charge in [0.2, 0.25) is 5.91 Å². The summed E-state index contributed by atoms with van der Waals surface area (Å²) in [6.07, 6.45) is 1.51.